The molecule has 8 nitrogen and oxygen atoms in total. The topological polar surface area (TPSA) is 90.9 Å². The van der Waals surface area contributed by atoms with Crippen LogP contribution in [0.15, 0.2) is 54.7 Å². The fourth-order valence-electron chi connectivity index (χ4n) is 5.65. The van der Waals surface area contributed by atoms with E-state index in [4.69, 9.17) is 14.7 Å². The Kier molecular flexibility index (Phi) is 5.81. The molecular formula is C29H32N6O2. The monoisotopic (exact) mass is 496 g/mol. The molecule has 0 bridgehead atoms. The lowest BCUT2D eigenvalue weighted by molar-refractivity contribution is 0.0552. The van der Waals surface area contributed by atoms with E-state index in [1.54, 1.807) is 24.7 Å². The minimum Gasteiger partial charge on any atom is -0.386 e. The van der Waals surface area contributed by atoms with Gasteiger partial charge in [-0.05, 0) is 63.3 Å². The van der Waals surface area contributed by atoms with Crippen LogP contribution in [0.3, 0.4) is 0 Å². The number of aromatic nitrogens is 6. The summed E-state index contributed by atoms with van der Waals surface area (Å²) in [6.07, 6.45) is 3.70. The predicted molar refractivity (Wildman–Crippen MR) is 143 cm³/mol. The minimum absolute atomic E-state index is 0.0393. The highest BCUT2D eigenvalue weighted by Gasteiger charge is 2.31. The summed E-state index contributed by atoms with van der Waals surface area (Å²) in [7, 11) is 1.89. The van der Waals surface area contributed by atoms with Crippen molar-refractivity contribution in [2.24, 2.45) is 13.0 Å². The van der Waals surface area contributed by atoms with Crippen LogP contribution in [0.25, 0.3) is 33.5 Å². The van der Waals surface area contributed by atoms with Crippen LogP contribution in [0.4, 0.5) is 0 Å². The lowest BCUT2D eigenvalue weighted by atomic mass is 9.86. The molecule has 5 heterocycles. The van der Waals surface area contributed by atoms with Crippen LogP contribution in [0.5, 0.6) is 0 Å². The van der Waals surface area contributed by atoms with E-state index in [0.29, 0.717) is 5.92 Å². The Morgan fingerprint density at radius 2 is 1.84 bits per heavy atom. The Bertz CT molecular complexity index is 1560. The molecule has 37 heavy (non-hydrogen) atoms. The van der Waals surface area contributed by atoms with E-state index in [-0.39, 0.29) is 6.04 Å². The second-order valence-corrected chi connectivity index (χ2v) is 10.5. The van der Waals surface area contributed by atoms with Gasteiger partial charge in [0, 0.05) is 37.4 Å². The number of benzene rings is 1. The van der Waals surface area contributed by atoms with Gasteiger partial charge in [0.15, 0.2) is 0 Å². The minimum atomic E-state index is -1.01. The molecule has 8 heteroatoms. The van der Waals surface area contributed by atoms with Crippen molar-refractivity contribution in [2.75, 3.05) is 13.2 Å². The van der Waals surface area contributed by atoms with Crippen LogP contribution in [-0.4, -0.2) is 47.8 Å². The average molecular weight is 497 g/mol. The number of hydrogen-bond donors (Lipinski definition) is 1. The first-order chi connectivity index (χ1) is 17.8. The van der Waals surface area contributed by atoms with E-state index >= 15 is 0 Å². The molecule has 0 amide bonds. The van der Waals surface area contributed by atoms with Gasteiger partial charge in [-0.2, -0.15) is 0 Å². The molecule has 0 radical (unpaired) electrons. The number of ether oxygens (including phenoxy) is 1. The summed E-state index contributed by atoms with van der Waals surface area (Å²) in [6, 6.07) is 16.9. The molecule has 1 aromatic carbocycles. The average Bonchev–Trinajstić information content (AvgIpc) is 3.40. The number of aliphatic hydroxyl groups is 1. The number of rotatable bonds is 5. The zero-order chi connectivity index (χ0) is 25.7. The Labute approximate surface area is 215 Å². The van der Waals surface area contributed by atoms with Gasteiger partial charge in [0.1, 0.15) is 11.3 Å². The molecule has 190 valence electrons. The third-order valence-corrected chi connectivity index (χ3v) is 7.56. The number of fused-ring (bicyclic) bond motifs is 3. The Balaban J connectivity index is 1.69. The fourth-order valence-corrected chi connectivity index (χ4v) is 5.65. The zero-order valence-corrected chi connectivity index (χ0v) is 21.7. The summed E-state index contributed by atoms with van der Waals surface area (Å²) in [6.45, 7) is 7.04. The van der Waals surface area contributed by atoms with Crippen molar-refractivity contribution in [1.29, 1.82) is 0 Å². The van der Waals surface area contributed by atoms with Gasteiger partial charge in [0.2, 0.25) is 0 Å². The van der Waals surface area contributed by atoms with Crippen molar-refractivity contribution in [1.82, 2.24) is 29.5 Å². The summed E-state index contributed by atoms with van der Waals surface area (Å²) >= 11 is 0. The van der Waals surface area contributed by atoms with Crippen LogP contribution < -0.4 is 0 Å². The maximum atomic E-state index is 10.9. The molecule has 1 aliphatic heterocycles. The van der Waals surface area contributed by atoms with E-state index in [1.165, 1.54) is 5.56 Å². The smallest absolute Gasteiger partial charge is 0.143 e. The number of hydrogen-bond acceptors (Lipinski definition) is 6. The highest BCUT2D eigenvalue weighted by Crippen LogP contribution is 2.41. The lowest BCUT2D eigenvalue weighted by Crippen LogP contribution is -2.27. The van der Waals surface area contributed by atoms with Crippen LogP contribution in [0.1, 0.15) is 49.6 Å². The first-order valence-corrected chi connectivity index (χ1v) is 12.9. The van der Waals surface area contributed by atoms with Crippen LogP contribution in [0.2, 0.25) is 0 Å². The van der Waals surface area contributed by atoms with Crippen molar-refractivity contribution in [3.05, 3.63) is 71.5 Å². The van der Waals surface area contributed by atoms with Gasteiger partial charge in [-0.3, -0.25) is 4.98 Å². The Morgan fingerprint density at radius 1 is 1.08 bits per heavy atom. The molecule has 5 aromatic rings. The maximum Gasteiger partial charge on any atom is 0.143 e. The first kappa shape index (κ1) is 23.8. The summed E-state index contributed by atoms with van der Waals surface area (Å²) in [5, 5.41) is 20.3. The van der Waals surface area contributed by atoms with Gasteiger partial charge < -0.3 is 14.4 Å². The Morgan fingerprint density at radius 3 is 2.51 bits per heavy atom. The van der Waals surface area contributed by atoms with Crippen molar-refractivity contribution >= 4 is 22.1 Å². The third kappa shape index (κ3) is 4.10. The quantitative estimate of drug-likeness (QED) is 0.371. The fraction of sp³-hybridized carbons (Fsp3) is 0.379. The maximum absolute atomic E-state index is 10.9. The second kappa shape index (κ2) is 9.04. The van der Waals surface area contributed by atoms with E-state index in [0.717, 1.165) is 70.8 Å². The normalized spacial score (nSPS) is 16.0. The van der Waals surface area contributed by atoms with E-state index in [9.17, 15) is 5.11 Å². The summed E-state index contributed by atoms with van der Waals surface area (Å²) in [5.41, 5.74) is 6.27. The largest absolute Gasteiger partial charge is 0.386 e. The number of pyridine rings is 2. The van der Waals surface area contributed by atoms with E-state index in [2.05, 4.69) is 57.3 Å². The van der Waals surface area contributed by atoms with Gasteiger partial charge in [-0.25, -0.2) is 9.67 Å². The van der Waals surface area contributed by atoms with Crippen molar-refractivity contribution in [2.45, 2.75) is 45.3 Å². The molecule has 1 saturated heterocycles. The number of aryl methyl sites for hydroxylation is 2. The third-order valence-electron chi connectivity index (χ3n) is 7.56. The van der Waals surface area contributed by atoms with Gasteiger partial charge in [-0.1, -0.05) is 35.5 Å². The van der Waals surface area contributed by atoms with Gasteiger partial charge in [0.05, 0.1) is 34.1 Å². The SMILES string of the molecule is Cc1nnn(C)c1-c1ccc2c3ncc(C(C)(C)O)cc3n(C(c3ccccc3)C3CCOCC3)c2n1. The Hall–Kier alpha value is -3.62. The summed E-state index contributed by atoms with van der Waals surface area (Å²) in [5.74, 6) is 0.367. The van der Waals surface area contributed by atoms with Crippen LogP contribution >= 0.6 is 0 Å². The molecule has 0 spiro atoms. The first-order valence-electron chi connectivity index (χ1n) is 12.9. The number of nitrogens with zero attached hydrogens (tertiary/aromatic N) is 6. The zero-order valence-electron chi connectivity index (χ0n) is 21.7. The molecule has 1 N–H and O–H groups in total. The highest BCUT2D eigenvalue weighted by molar-refractivity contribution is 6.05. The molecule has 1 unspecified atom stereocenters. The van der Waals surface area contributed by atoms with Gasteiger partial charge in [-0.15, -0.1) is 5.10 Å². The lowest BCUT2D eigenvalue weighted by Gasteiger charge is -2.33. The standard InChI is InChI=1S/C29H32N6O2/c1-18-26(34(4)33-32-18)23-11-10-22-25-24(16-21(17-30-25)29(2,3)36)35(28(22)31-23)27(19-8-6-5-7-9-19)20-12-14-37-15-13-20/h5-11,16-17,20,27,36H,12-15H2,1-4H3. The molecule has 1 aliphatic rings. The highest BCUT2D eigenvalue weighted by atomic mass is 16.5. The van der Waals surface area contributed by atoms with Gasteiger partial charge >= 0.3 is 0 Å². The molecule has 0 aliphatic carbocycles. The van der Waals surface area contributed by atoms with Gasteiger partial charge in [0.25, 0.3) is 0 Å². The second-order valence-electron chi connectivity index (χ2n) is 10.5. The molecule has 6 rings (SSSR count). The van der Waals surface area contributed by atoms with Crippen molar-refractivity contribution in [3.63, 3.8) is 0 Å². The molecule has 4 aromatic heterocycles. The summed E-state index contributed by atoms with van der Waals surface area (Å²) in [4.78, 5) is 10.1. The van der Waals surface area contributed by atoms with E-state index < -0.39 is 5.60 Å². The molecular weight excluding hydrogens is 464 g/mol. The summed E-state index contributed by atoms with van der Waals surface area (Å²) < 4.78 is 9.87. The predicted octanol–water partition coefficient (Wildman–Crippen LogP) is 4.93. The molecule has 1 atom stereocenters. The van der Waals surface area contributed by atoms with Crippen molar-refractivity contribution in [3.8, 4) is 11.4 Å². The van der Waals surface area contributed by atoms with Crippen LogP contribution in [0, 0.1) is 12.8 Å². The van der Waals surface area contributed by atoms with Crippen LogP contribution in [-0.2, 0) is 17.4 Å². The molecule has 0 saturated carbocycles. The molecule has 1 fully saturated rings. The van der Waals surface area contributed by atoms with E-state index in [1.807, 2.05) is 20.0 Å². The van der Waals surface area contributed by atoms with Crippen molar-refractivity contribution < 1.29 is 9.84 Å².